The normalized spacial score (nSPS) is 10.6. The van der Waals surface area contributed by atoms with Gasteiger partial charge >= 0.3 is 0 Å². The Morgan fingerprint density at radius 2 is 1.88 bits per heavy atom. The molecule has 0 spiro atoms. The summed E-state index contributed by atoms with van der Waals surface area (Å²) in [4.78, 5) is 31.4. The van der Waals surface area contributed by atoms with Crippen molar-refractivity contribution >= 4 is 22.7 Å². The van der Waals surface area contributed by atoms with Gasteiger partial charge in [-0.2, -0.15) is 0 Å². The molecule has 0 atom stereocenters. The van der Waals surface area contributed by atoms with E-state index < -0.39 is 11.8 Å². The van der Waals surface area contributed by atoms with Crippen molar-refractivity contribution < 1.29 is 9.59 Å². The number of rotatable bonds is 5. The van der Waals surface area contributed by atoms with Crippen molar-refractivity contribution in [3.63, 3.8) is 0 Å². The molecular weight excluding hydrogens is 316 g/mol. The minimum atomic E-state index is -0.452. The fourth-order valence-corrected chi connectivity index (χ4v) is 2.53. The molecule has 3 rings (SSSR count). The van der Waals surface area contributed by atoms with Crippen LogP contribution in [0.4, 0.5) is 0 Å². The first-order chi connectivity index (χ1) is 12.2. The summed E-state index contributed by atoms with van der Waals surface area (Å²) in [5.41, 5.74) is 7.38. The number of aromatic amines is 1. The lowest BCUT2D eigenvalue weighted by Crippen LogP contribution is -2.42. The van der Waals surface area contributed by atoms with Crippen molar-refractivity contribution in [3.05, 3.63) is 65.6 Å². The van der Waals surface area contributed by atoms with Gasteiger partial charge in [0.25, 0.3) is 11.8 Å². The van der Waals surface area contributed by atoms with Gasteiger partial charge in [0.15, 0.2) is 0 Å². The number of unbranched alkanes of at least 4 members (excludes halogenated alkanes) is 1. The Kier molecular flexibility index (Phi) is 5.09. The Labute approximate surface area is 145 Å². The van der Waals surface area contributed by atoms with Gasteiger partial charge in [-0.15, -0.1) is 0 Å². The van der Waals surface area contributed by atoms with E-state index in [4.69, 9.17) is 0 Å². The topological polar surface area (TPSA) is 86.9 Å². The summed E-state index contributed by atoms with van der Waals surface area (Å²) >= 11 is 0. The summed E-state index contributed by atoms with van der Waals surface area (Å²) in [5, 5.41) is 0.934. The third-order valence-electron chi connectivity index (χ3n) is 3.94. The molecule has 6 nitrogen and oxygen atoms in total. The summed E-state index contributed by atoms with van der Waals surface area (Å²) in [6.07, 6.45) is 4.85. The van der Waals surface area contributed by atoms with Crippen LogP contribution < -0.4 is 10.9 Å². The highest BCUT2D eigenvalue weighted by Gasteiger charge is 2.12. The van der Waals surface area contributed by atoms with Crippen LogP contribution in [0, 0.1) is 0 Å². The van der Waals surface area contributed by atoms with Gasteiger partial charge in [-0.25, -0.2) is 0 Å². The van der Waals surface area contributed by atoms with Crippen molar-refractivity contribution in [2.45, 2.75) is 26.2 Å². The van der Waals surface area contributed by atoms with E-state index in [2.05, 4.69) is 27.7 Å². The number of nitrogens with zero attached hydrogens (tertiary/aromatic N) is 1. The molecule has 2 amide bonds. The second-order valence-electron chi connectivity index (χ2n) is 5.83. The number of para-hydroxylation sites is 1. The van der Waals surface area contributed by atoms with Crippen LogP contribution in [-0.2, 0) is 6.42 Å². The van der Waals surface area contributed by atoms with Gasteiger partial charge < -0.3 is 4.98 Å². The molecule has 0 unspecified atom stereocenters. The van der Waals surface area contributed by atoms with Crippen LogP contribution in [0.1, 0.15) is 46.3 Å². The zero-order valence-corrected chi connectivity index (χ0v) is 14.0. The van der Waals surface area contributed by atoms with E-state index in [0.717, 1.165) is 35.7 Å². The number of aromatic nitrogens is 2. The van der Waals surface area contributed by atoms with E-state index in [0.29, 0.717) is 5.69 Å². The van der Waals surface area contributed by atoms with Crippen LogP contribution in [0.2, 0.25) is 0 Å². The lowest BCUT2D eigenvalue weighted by atomic mass is 10.1. The quantitative estimate of drug-likeness (QED) is 0.626. The predicted octanol–water partition coefficient (Wildman–Crippen LogP) is 2.98. The maximum atomic E-state index is 12.1. The monoisotopic (exact) mass is 336 g/mol. The number of hydrazine groups is 1. The first-order valence-electron chi connectivity index (χ1n) is 8.30. The number of benzene rings is 1. The highest BCUT2D eigenvalue weighted by Crippen LogP contribution is 2.14. The number of fused-ring (bicyclic) bond motifs is 1. The van der Waals surface area contributed by atoms with Crippen LogP contribution in [0.15, 0.2) is 48.7 Å². The van der Waals surface area contributed by atoms with Gasteiger partial charge in [0.05, 0.1) is 0 Å². The number of amides is 2. The molecule has 0 aliphatic rings. The fourth-order valence-electron chi connectivity index (χ4n) is 2.53. The average molecular weight is 336 g/mol. The summed E-state index contributed by atoms with van der Waals surface area (Å²) in [5.74, 6) is -0.865. The number of H-pyrrole nitrogens is 1. The van der Waals surface area contributed by atoms with Crippen LogP contribution >= 0.6 is 0 Å². The summed E-state index contributed by atoms with van der Waals surface area (Å²) in [6, 6.07) is 12.9. The van der Waals surface area contributed by atoms with Gasteiger partial charge in [-0.3, -0.25) is 25.4 Å². The number of hydrogen-bond donors (Lipinski definition) is 3. The number of carbonyl (C=O) groups is 2. The Bertz CT molecular complexity index is 851. The molecule has 1 aromatic carbocycles. The van der Waals surface area contributed by atoms with E-state index in [1.807, 2.05) is 30.3 Å². The van der Waals surface area contributed by atoms with Gasteiger partial charge in [-0.1, -0.05) is 37.6 Å². The molecule has 25 heavy (non-hydrogen) atoms. The smallest absolute Gasteiger partial charge is 0.288 e. The molecular formula is C19H20N4O2. The molecule has 0 radical (unpaired) electrons. The Hall–Kier alpha value is -3.15. The van der Waals surface area contributed by atoms with E-state index >= 15 is 0 Å². The molecule has 128 valence electrons. The number of aryl methyl sites for hydroxylation is 1. The van der Waals surface area contributed by atoms with Crippen LogP contribution in [0.5, 0.6) is 0 Å². The van der Waals surface area contributed by atoms with Crippen molar-refractivity contribution in [2.24, 2.45) is 0 Å². The number of hydrogen-bond acceptors (Lipinski definition) is 3. The average Bonchev–Trinajstić information content (AvgIpc) is 3.09. The Morgan fingerprint density at radius 3 is 2.60 bits per heavy atom. The molecule has 6 heteroatoms. The first-order valence-corrected chi connectivity index (χ1v) is 8.30. The molecule has 0 aliphatic carbocycles. The fraction of sp³-hybridized carbons (Fsp3) is 0.211. The molecule has 0 aliphatic heterocycles. The largest absolute Gasteiger partial charge is 0.350 e. The summed E-state index contributed by atoms with van der Waals surface area (Å²) < 4.78 is 0. The van der Waals surface area contributed by atoms with Gasteiger partial charge in [0.1, 0.15) is 11.4 Å². The predicted molar refractivity (Wildman–Crippen MR) is 96.1 cm³/mol. The number of nitrogens with one attached hydrogen (secondary N) is 3. The molecule has 0 saturated carbocycles. The van der Waals surface area contributed by atoms with Crippen molar-refractivity contribution in [1.82, 2.24) is 20.8 Å². The van der Waals surface area contributed by atoms with Crippen molar-refractivity contribution in [1.29, 1.82) is 0 Å². The molecule has 0 saturated heterocycles. The Morgan fingerprint density at radius 1 is 1.08 bits per heavy atom. The molecule has 3 aromatic rings. The van der Waals surface area contributed by atoms with E-state index in [1.54, 1.807) is 18.3 Å². The van der Waals surface area contributed by atoms with E-state index in [9.17, 15) is 9.59 Å². The van der Waals surface area contributed by atoms with Gasteiger partial charge in [0, 0.05) is 17.1 Å². The summed E-state index contributed by atoms with van der Waals surface area (Å²) in [7, 11) is 0. The lowest BCUT2D eigenvalue weighted by molar-refractivity contribution is 0.0841. The first kappa shape index (κ1) is 16.7. The van der Waals surface area contributed by atoms with Crippen LogP contribution in [0.25, 0.3) is 10.9 Å². The van der Waals surface area contributed by atoms with Crippen molar-refractivity contribution in [2.75, 3.05) is 0 Å². The third kappa shape index (κ3) is 4.03. The minimum absolute atomic E-state index is 0.261. The van der Waals surface area contributed by atoms with Gasteiger partial charge in [-0.05, 0) is 36.6 Å². The van der Waals surface area contributed by atoms with E-state index in [1.165, 1.54) is 0 Å². The molecule has 2 aromatic heterocycles. The second-order valence-corrected chi connectivity index (χ2v) is 5.83. The Balaban J connectivity index is 1.58. The lowest BCUT2D eigenvalue weighted by Gasteiger charge is -2.06. The standard InChI is InChI=1S/C19H20N4O2/c1-2-3-6-13-9-10-16(20-12-13)18(24)22-23-19(25)17-11-14-7-4-5-8-15(14)21-17/h4-5,7-12,21H,2-3,6H2,1H3,(H,22,24)(H,23,25). The highest BCUT2D eigenvalue weighted by atomic mass is 16.2. The number of pyridine rings is 1. The zero-order chi connectivity index (χ0) is 17.6. The maximum absolute atomic E-state index is 12.1. The van der Waals surface area contributed by atoms with Gasteiger partial charge in [0.2, 0.25) is 0 Å². The second kappa shape index (κ2) is 7.61. The molecule has 0 bridgehead atoms. The van der Waals surface area contributed by atoms with E-state index in [-0.39, 0.29) is 5.69 Å². The molecule has 3 N–H and O–H groups in total. The SMILES string of the molecule is CCCCc1ccc(C(=O)NNC(=O)c2cc3ccccc3[nH]2)nc1. The zero-order valence-electron chi connectivity index (χ0n) is 14.0. The molecule has 2 heterocycles. The maximum Gasteiger partial charge on any atom is 0.288 e. The highest BCUT2D eigenvalue weighted by molar-refractivity contribution is 6.00. The molecule has 0 fully saturated rings. The minimum Gasteiger partial charge on any atom is -0.350 e. The number of carbonyl (C=O) groups excluding carboxylic acids is 2. The summed E-state index contributed by atoms with van der Waals surface area (Å²) in [6.45, 7) is 2.13. The van der Waals surface area contributed by atoms with Crippen molar-refractivity contribution in [3.8, 4) is 0 Å². The third-order valence-corrected chi connectivity index (χ3v) is 3.94. The van der Waals surface area contributed by atoms with Crippen LogP contribution in [-0.4, -0.2) is 21.8 Å². The van der Waals surface area contributed by atoms with Crippen LogP contribution in [0.3, 0.4) is 0 Å².